The van der Waals surface area contributed by atoms with E-state index in [4.69, 9.17) is 14.2 Å². The summed E-state index contributed by atoms with van der Waals surface area (Å²) in [6.07, 6.45) is 39.5. The molecule has 0 aliphatic heterocycles. The van der Waals surface area contributed by atoms with Crippen molar-refractivity contribution in [1.29, 1.82) is 0 Å². The van der Waals surface area contributed by atoms with Gasteiger partial charge in [-0.25, -0.2) is 0 Å². The minimum Gasteiger partial charge on any atom is -0.462 e. The number of esters is 3. The topological polar surface area (TPSA) is 78.9 Å². The lowest BCUT2D eigenvalue weighted by Crippen LogP contribution is -2.30. The van der Waals surface area contributed by atoms with Gasteiger partial charge in [0.25, 0.3) is 0 Å². The molecule has 6 heteroatoms. The van der Waals surface area contributed by atoms with Crippen LogP contribution in [0.1, 0.15) is 252 Å². The van der Waals surface area contributed by atoms with Gasteiger partial charge in [0.05, 0.1) is 0 Å². The van der Waals surface area contributed by atoms with Crippen LogP contribution in [-0.4, -0.2) is 37.2 Å². The van der Waals surface area contributed by atoms with Gasteiger partial charge in [-0.15, -0.1) is 0 Å². The van der Waals surface area contributed by atoms with Crippen molar-refractivity contribution in [3.8, 4) is 0 Å². The molecule has 0 saturated heterocycles. The minimum absolute atomic E-state index is 0.0641. The molecule has 0 aromatic carbocycles. The van der Waals surface area contributed by atoms with Gasteiger partial charge in [0.1, 0.15) is 13.2 Å². The third-order valence-electron chi connectivity index (χ3n) is 10.3. The lowest BCUT2D eigenvalue weighted by molar-refractivity contribution is -0.167. The third-order valence-corrected chi connectivity index (χ3v) is 10.3. The van der Waals surface area contributed by atoms with E-state index in [9.17, 15) is 14.4 Å². The summed E-state index contributed by atoms with van der Waals surface area (Å²) in [5.41, 5.74) is 0. The number of rotatable bonds is 41. The first kappa shape index (κ1) is 50.4. The van der Waals surface area contributed by atoms with Crippen LogP contribution in [0.5, 0.6) is 0 Å². The van der Waals surface area contributed by atoms with Crippen molar-refractivity contribution in [3.63, 3.8) is 0 Å². The number of carbonyl (C=O) groups excluding carboxylic acids is 3. The van der Waals surface area contributed by atoms with E-state index in [-0.39, 0.29) is 31.1 Å². The molecule has 0 aromatic heterocycles. The normalized spacial score (nSPS) is 11.9. The molecule has 0 fully saturated rings. The van der Waals surface area contributed by atoms with Crippen LogP contribution in [0, 0.1) is 5.92 Å². The average molecular weight is 737 g/mol. The van der Waals surface area contributed by atoms with Crippen LogP contribution in [0.4, 0.5) is 0 Å². The molecule has 6 nitrogen and oxygen atoms in total. The highest BCUT2D eigenvalue weighted by molar-refractivity contribution is 5.71. The molecular formula is C46H88O6. The van der Waals surface area contributed by atoms with E-state index >= 15 is 0 Å². The van der Waals surface area contributed by atoms with Gasteiger partial charge in [0, 0.05) is 19.3 Å². The van der Waals surface area contributed by atoms with E-state index in [0.29, 0.717) is 19.3 Å². The fraction of sp³-hybridized carbons (Fsp3) is 0.935. The summed E-state index contributed by atoms with van der Waals surface area (Å²) in [5, 5.41) is 0. The lowest BCUT2D eigenvalue weighted by atomic mass is 10.0. The van der Waals surface area contributed by atoms with Gasteiger partial charge >= 0.3 is 17.9 Å². The summed E-state index contributed by atoms with van der Waals surface area (Å²) in [4.78, 5) is 37.6. The van der Waals surface area contributed by atoms with E-state index in [0.717, 1.165) is 63.7 Å². The van der Waals surface area contributed by atoms with E-state index in [1.165, 1.54) is 148 Å². The van der Waals surface area contributed by atoms with Gasteiger partial charge in [0.15, 0.2) is 6.10 Å². The number of carbonyl (C=O) groups is 3. The van der Waals surface area contributed by atoms with Crippen LogP contribution < -0.4 is 0 Å². The van der Waals surface area contributed by atoms with Gasteiger partial charge < -0.3 is 14.2 Å². The summed E-state index contributed by atoms with van der Waals surface area (Å²) >= 11 is 0. The van der Waals surface area contributed by atoms with Crippen molar-refractivity contribution < 1.29 is 28.6 Å². The van der Waals surface area contributed by atoms with Crippen LogP contribution in [0.25, 0.3) is 0 Å². The number of ether oxygens (including phenoxy) is 3. The molecule has 0 aromatic rings. The highest BCUT2D eigenvalue weighted by Gasteiger charge is 2.19. The van der Waals surface area contributed by atoms with Gasteiger partial charge in [-0.2, -0.15) is 0 Å². The Morgan fingerprint density at radius 2 is 0.635 bits per heavy atom. The predicted octanol–water partition coefficient (Wildman–Crippen LogP) is 14.3. The summed E-state index contributed by atoms with van der Waals surface area (Å²) < 4.78 is 16.7. The zero-order valence-corrected chi connectivity index (χ0v) is 35.3. The Morgan fingerprint density at radius 1 is 0.365 bits per heavy atom. The standard InChI is InChI=1S/C46H88O6/c1-5-7-9-11-13-15-16-17-18-19-21-25-29-33-37-44(47)50-40-43(52-46(49)39-35-31-27-20-14-12-10-8-6-2)41-51-45(48)38-34-30-26-23-22-24-28-32-36-42(3)4/h42-43H,5-41H2,1-4H3/t43-/m0/s1. The fourth-order valence-electron chi connectivity index (χ4n) is 6.80. The molecule has 0 heterocycles. The fourth-order valence-corrected chi connectivity index (χ4v) is 6.80. The molecule has 0 amide bonds. The Bertz CT molecular complexity index is 781. The summed E-state index contributed by atoms with van der Waals surface area (Å²) in [7, 11) is 0. The van der Waals surface area contributed by atoms with Crippen molar-refractivity contribution in [2.45, 2.75) is 259 Å². The Kier molecular flexibility index (Phi) is 39.4. The summed E-state index contributed by atoms with van der Waals surface area (Å²) in [6, 6.07) is 0. The molecule has 308 valence electrons. The molecule has 0 saturated carbocycles. The zero-order valence-electron chi connectivity index (χ0n) is 35.3. The highest BCUT2D eigenvalue weighted by atomic mass is 16.6. The molecule has 0 N–H and O–H groups in total. The number of hydrogen-bond donors (Lipinski definition) is 0. The maximum Gasteiger partial charge on any atom is 0.306 e. The molecule has 0 unspecified atom stereocenters. The molecule has 0 radical (unpaired) electrons. The summed E-state index contributed by atoms with van der Waals surface area (Å²) in [5.74, 6) is -0.0610. The van der Waals surface area contributed by atoms with Crippen molar-refractivity contribution in [2.24, 2.45) is 5.92 Å². The monoisotopic (exact) mass is 737 g/mol. The van der Waals surface area contributed by atoms with Crippen molar-refractivity contribution >= 4 is 17.9 Å². The minimum atomic E-state index is -0.758. The van der Waals surface area contributed by atoms with Crippen LogP contribution in [-0.2, 0) is 28.6 Å². The van der Waals surface area contributed by atoms with Crippen molar-refractivity contribution in [3.05, 3.63) is 0 Å². The van der Waals surface area contributed by atoms with Gasteiger partial charge in [-0.05, 0) is 25.2 Å². The largest absolute Gasteiger partial charge is 0.462 e. The van der Waals surface area contributed by atoms with E-state index in [2.05, 4.69) is 27.7 Å². The van der Waals surface area contributed by atoms with Crippen molar-refractivity contribution in [2.75, 3.05) is 13.2 Å². The van der Waals surface area contributed by atoms with E-state index in [1.807, 2.05) is 0 Å². The zero-order chi connectivity index (χ0) is 38.2. The second-order valence-electron chi connectivity index (χ2n) is 16.2. The first-order valence-corrected chi connectivity index (χ1v) is 22.9. The highest BCUT2D eigenvalue weighted by Crippen LogP contribution is 2.16. The maximum absolute atomic E-state index is 12.7. The summed E-state index contributed by atoms with van der Waals surface area (Å²) in [6.45, 7) is 8.95. The number of unbranched alkanes of at least 4 members (excludes halogenated alkanes) is 28. The Morgan fingerprint density at radius 3 is 0.942 bits per heavy atom. The molecule has 0 rings (SSSR count). The SMILES string of the molecule is CCCCCCCCCCCCCCCCC(=O)OC[C@@H](COC(=O)CCCCCCCCCCC(C)C)OC(=O)CCCCCCCCCCC. The molecule has 52 heavy (non-hydrogen) atoms. The average Bonchev–Trinajstić information content (AvgIpc) is 3.12. The number of hydrogen-bond acceptors (Lipinski definition) is 6. The van der Waals surface area contributed by atoms with Crippen LogP contribution >= 0.6 is 0 Å². The second-order valence-corrected chi connectivity index (χ2v) is 16.2. The second kappa shape index (κ2) is 40.6. The van der Waals surface area contributed by atoms with E-state index < -0.39 is 6.10 Å². The molecular weight excluding hydrogens is 648 g/mol. The van der Waals surface area contributed by atoms with Gasteiger partial charge in [0.2, 0.25) is 0 Å². The third kappa shape index (κ3) is 39.6. The lowest BCUT2D eigenvalue weighted by Gasteiger charge is -2.18. The van der Waals surface area contributed by atoms with Crippen molar-refractivity contribution in [1.82, 2.24) is 0 Å². The Hall–Kier alpha value is -1.59. The molecule has 0 bridgehead atoms. The Labute approximate surface area is 323 Å². The first-order chi connectivity index (χ1) is 25.4. The van der Waals surface area contributed by atoms with Gasteiger partial charge in [-0.1, -0.05) is 214 Å². The van der Waals surface area contributed by atoms with E-state index in [1.54, 1.807) is 0 Å². The first-order valence-electron chi connectivity index (χ1n) is 22.9. The quantitative estimate of drug-likeness (QED) is 0.0353. The molecule has 0 aliphatic rings. The van der Waals surface area contributed by atoms with Crippen LogP contribution in [0.15, 0.2) is 0 Å². The molecule has 0 spiro atoms. The molecule has 0 aliphatic carbocycles. The van der Waals surface area contributed by atoms with Gasteiger partial charge in [-0.3, -0.25) is 14.4 Å². The smallest absolute Gasteiger partial charge is 0.306 e. The molecule has 1 atom stereocenters. The van der Waals surface area contributed by atoms with Crippen LogP contribution in [0.3, 0.4) is 0 Å². The maximum atomic E-state index is 12.7. The predicted molar refractivity (Wildman–Crippen MR) is 220 cm³/mol. The van der Waals surface area contributed by atoms with Crippen LogP contribution in [0.2, 0.25) is 0 Å². The Balaban J connectivity index is 4.29.